The maximum absolute atomic E-state index is 12.1. The molecule has 0 amide bonds. The van der Waals surface area contributed by atoms with Crippen LogP contribution in [0.5, 0.6) is 0 Å². The molecule has 1 aliphatic heterocycles. The fourth-order valence-electron chi connectivity index (χ4n) is 7.88. The van der Waals surface area contributed by atoms with E-state index in [1.165, 1.54) is 30.4 Å². The summed E-state index contributed by atoms with van der Waals surface area (Å²) in [5.41, 5.74) is 6.39. The molecule has 0 unspecified atom stereocenters. The lowest BCUT2D eigenvalue weighted by molar-refractivity contribution is -0.128. The van der Waals surface area contributed by atoms with Gasteiger partial charge < -0.3 is 10.4 Å². The van der Waals surface area contributed by atoms with Crippen molar-refractivity contribution in [2.45, 2.75) is 96.6 Å². The Balaban J connectivity index is 1.43. The van der Waals surface area contributed by atoms with E-state index in [0.29, 0.717) is 40.8 Å². The van der Waals surface area contributed by atoms with Crippen LogP contribution < -0.4 is 5.32 Å². The van der Waals surface area contributed by atoms with Crippen LogP contribution in [-0.2, 0) is 11.2 Å². The highest BCUT2D eigenvalue weighted by Gasteiger charge is 2.53. The van der Waals surface area contributed by atoms with Crippen LogP contribution in [0.2, 0.25) is 0 Å². The third-order valence-corrected chi connectivity index (χ3v) is 9.80. The minimum atomic E-state index is -0.265. The molecule has 3 nitrogen and oxygen atoms in total. The Morgan fingerprint density at radius 1 is 1.23 bits per heavy atom. The number of fused-ring (bicyclic) bond motifs is 5. The lowest BCUT2D eigenvalue weighted by atomic mass is 9.52. The number of benzene rings is 1. The Morgan fingerprint density at radius 3 is 2.80 bits per heavy atom. The molecule has 3 fully saturated rings. The number of rotatable bonds is 2. The van der Waals surface area contributed by atoms with Gasteiger partial charge in [0.2, 0.25) is 0 Å². The Bertz CT molecular complexity index is 848. The lowest BCUT2D eigenvalue weighted by Gasteiger charge is -2.51. The van der Waals surface area contributed by atoms with Crippen molar-refractivity contribution in [3.8, 4) is 0 Å². The minimum absolute atomic E-state index is 0.146. The highest BCUT2D eigenvalue weighted by molar-refractivity contribution is 5.79. The maximum atomic E-state index is 12.1. The fourth-order valence-corrected chi connectivity index (χ4v) is 7.88. The van der Waals surface area contributed by atoms with Crippen LogP contribution >= 0.6 is 0 Å². The molecule has 0 radical (unpaired) electrons. The summed E-state index contributed by atoms with van der Waals surface area (Å²) in [6.45, 7) is 10.3. The monoisotopic (exact) mass is 409 g/mol. The van der Waals surface area contributed by atoms with Gasteiger partial charge in [0.1, 0.15) is 5.78 Å². The van der Waals surface area contributed by atoms with Crippen LogP contribution in [0.15, 0.2) is 12.1 Å². The number of carbonyl (C=O) groups is 1. The van der Waals surface area contributed by atoms with E-state index in [0.717, 1.165) is 32.2 Å². The molecule has 2 saturated carbocycles. The van der Waals surface area contributed by atoms with E-state index in [-0.39, 0.29) is 12.1 Å². The molecule has 3 heteroatoms. The van der Waals surface area contributed by atoms with E-state index in [1.54, 1.807) is 11.1 Å². The van der Waals surface area contributed by atoms with Crippen LogP contribution in [0.3, 0.4) is 0 Å². The highest BCUT2D eigenvalue weighted by Crippen LogP contribution is 2.61. The van der Waals surface area contributed by atoms with E-state index in [1.807, 2.05) is 0 Å². The Hall–Kier alpha value is -1.19. The molecule has 3 aliphatic carbocycles. The second-order valence-corrected chi connectivity index (χ2v) is 11.4. The Morgan fingerprint density at radius 2 is 2.03 bits per heavy atom. The Labute approximate surface area is 182 Å². The molecular weight excluding hydrogens is 370 g/mol. The normalized spacial score (nSPS) is 41.7. The molecule has 0 aromatic heterocycles. The van der Waals surface area contributed by atoms with Crippen LogP contribution in [0, 0.1) is 30.1 Å². The third kappa shape index (κ3) is 3.11. The first-order valence-corrected chi connectivity index (χ1v) is 12.3. The lowest BCUT2D eigenvalue weighted by Crippen LogP contribution is -2.50. The standard InChI is InChI=1S/C27H39NO2/c1-15-11-25(30)26(28-14-15)17(3)20-7-8-21-22-6-5-18-12-19(29)9-10-27(18,4)24(22)13-23(21)16(20)2/h7-8,15,17-18,22,24-26,28,30H,5-6,9-14H2,1-4H3/t15-,17-,18-,22-,24-,25+,26-,27-/m0/s1. The minimum Gasteiger partial charge on any atom is -0.391 e. The van der Waals surface area contributed by atoms with Crippen LogP contribution in [0.1, 0.15) is 93.4 Å². The largest absolute Gasteiger partial charge is 0.391 e. The Kier molecular flexibility index (Phi) is 5.14. The summed E-state index contributed by atoms with van der Waals surface area (Å²) in [5, 5.41) is 14.3. The molecular formula is C27H39NO2. The number of nitrogens with one attached hydrogen (secondary N) is 1. The summed E-state index contributed by atoms with van der Waals surface area (Å²) in [4.78, 5) is 12.1. The van der Waals surface area contributed by atoms with Gasteiger partial charge in [-0.15, -0.1) is 0 Å². The maximum Gasteiger partial charge on any atom is 0.133 e. The summed E-state index contributed by atoms with van der Waals surface area (Å²) in [6.07, 6.45) is 6.98. The predicted molar refractivity (Wildman–Crippen MR) is 121 cm³/mol. The van der Waals surface area contributed by atoms with Gasteiger partial charge in [0.05, 0.1) is 6.10 Å². The number of ketones is 1. The molecule has 1 heterocycles. The van der Waals surface area contributed by atoms with Gasteiger partial charge in [0.25, 0.3) is 0 Å². The molecule has 8 atom stereocenters. The van der Waals surface area contributed by atoms with E-state index < -0.39 is 0 Å². The van der Waals surface area contributed by atoms with E-state index in [4.69, 9.17) is 0 Å². The van der Waals surface area contributed by atoms with Gasteiger partial charge >= 0.3 is 0 Å². The molecule has 0 bridgehead atoms. The first kappa shape index (κ1) is 20.7. The first-order valence-electron chi connectivity index (χ1n) is 12.3. The van der Waals surface area contributed by atoms with Crippen molar-refractivity contribution in [2.75, 3.05) is 6.54 Å². The van der Waals surface area contributed by atoms with Gasteiger partial charge in [-0.25, -0.2) is 0 Å². The molecule has 2 N–H and O–H groups in total. The zero-order chi connectivity index (χ0) is 21.2. The summed E-state index contributed by atoms with van der Waals surface area (Å²) >= 11 is 0. The van der Waals surface area contributed by atoms with E-state index in [9.17, 15) is 9.90 Å². The SMILES string of the molecule is Cc1c([C@H](C)[C@@H]2NC[C@@H](C)C[C@H]2O)ccc2c1C[C@H]1[C@H]2CC[C@H]2CC(=O)CC[C@@]21C. The second-order valence-electron chi connectivity index (χ2n) is 11.4. The first-order chi connectivity index (χ1) is 14.3. The van der Waals surface area contributed by atoms with E-state index in [2.05, 4.69) is 45.1 Å². The van der Waals surface area contributed by atoms with Gasteiger partial charge in [-0.2, -0.15) is 0 Å². The molecule has 5 rings (SSSR count). The van der Waals surface area contributed by atoms with Gasteiger partial charge in [0.15, 0.2) is 0 Å². The molecule has 1 aromatic rings. The van der Waals surface area contributed by atoms with Crippen molar-refractivity contribution in [3.05, 3.63) is 34.4 Å². The number of aliphatic hydroxyl groups excluding tert-OH is 1. The van der Waals surface area contributed by atoms with Crippen molar-refractivity contribution in [1.29, 1.82) is 0 Å². The average molecular weight is 410 g/mol. The summed E-state index contributed by atoms with van der Waals surface area (Å²) in [6, 6.07) is 4.94. The number of hydrogen-bond acceptors (Lipinski definition) is 3. The van der Waals surface area contributed by atoms with Gasteiger partial charge in [-0.3, -0.25) is 4.79 Å². The number of piperidine rings is 1. The van der Waals surface area contributed by atoms with Gasteiger partial charge in [-0.1, -0.05) is 32.9 Å². The summed E-state index contributed by atoms with van der Waals surface area (Å²) in [7, 11) is 0. The zero-order valence-corrected chi connectivity index (χ0v) is 19.2. The topological polar surface area (TPSA) is 49.3 Å². The summed E-state index contributed by atoms with van der Waals surface area (Å²) < 4.78 is 0. The van der Waals surface area contributed by atoms with Gasteiger partial charge in [-0.05, 0) is 103 Å². The van der Waals surface area contributed by atoms with Crippen LogP contribution in [-0.4, -0.2) is 29.6 Å². The van der Waals surface area contributed by atoms with Crippen molar-refractivity contribution < 1.29 is 9.90 Å². The highest BCUT2D eigenvalue weighted by atomic mass is 16.3. The van der Waals surface area contributed by atoms with Crippen molar-refractivity contribution in [2.24, 2.45) is 23.2 Å². The number of Topliss-reactive ketones (excluding diaryl/α,β-unsaturated/α-hetero) is 1. The van der Waals surface area contributed by atoms with Gasteiger partial charge in [0, 0.05) is 18.9 Å². The van der Waals surface area contributed by atoms with Crippen molar-refractivity contribution in [3.63, 3.8) is 0 Å². The van der Waals surface area contributed by atoms with Crippen LogP contribution in [0.4, 0.5) is 0 Å². The molecule has 1 aromatic carbocycles. The molecule has 0 spiro atoms. The second kappa shape index (κ2) is 7.45. The van der Waals surface area contributed by atoms with E-state index >= 15 is 0 Å². The predicted octanol–water partition coefficient (Wildman–Crippen LogP) is 4.88. The van der Waals surface area contributed by atoms with Crippen molar-refractivity contribution >= 4 is 5.78 Å². The fraction of sp³-hybridized carbons (Fsp3) is 0.741. The number of hydrogen-bond donors (Lipinski definition) is 2. The number of carbonyl (C=O) groups excluding carboxylic acids is 1. The van der Waals surface area contributed by atoms with Crippen molar-refractivity contribution in [1.82, 2.24) is 5.32 Å². The third-order valence-electron chi connectivity index (χ3n) is 9.80. The number of aliphatic hydroxyl groups is 1. The average Bonchev–Trinajstić information content (AvgIpc) is 3.09. The molecule has 164 valence electrons. The van der Waals surface area contributed by atoms with Crippen LogP contribution in [0.25, 0.3) is 0 Å². The smallest absolute Gasteiger partial charge is 0.133 e. The molecule has 1 saturated heterocycles. The summed E-state index contributed by atoms with van der Waals surface area (Å²) in [5.74, 6) is 3.32. The molecule has 30 heavy (non-hydrogen) atoms. The molecule has 4 aliphatic rings. The quantitative estimate of drug-likeness (QED) is 0.732. The zero-order valence-electron chi connectivity index (χ0n) is 19.2.